The molecule has 1 aliphatic rings. The van der Waals surface area contributed by atoms with E-state index in [0.29, 0.717) is 21.3 Å². The van der Waals surface area contributed by atoms with Crippen molar-refractivity contribution in [1.29, 1.82) is 0 Å². The average Bonchev–Trinajstić information content (AvgIpc) is 2.69. The van der Waals surface area contributed by atoms with E-state index in [1.165, 1.54) is 17.8 Å². The molecule has 1 aromatic carbocycles. The quantitative estimate of drug-likeness (QED) is 0.466. The summed E-state index contributed by atoms with van der Waals surface area (Å²) < 4.78 is 14.2. The van der Waals surface area contributed by atoms with Crippen LogP contribution in [0.1, 0.15) is 12.0 Å². The smallest absolute Gasteiger partial charge is 0.266 e. The van der Waals surface area contributed by atoms with E-state index in [0.717, 1.165) is 12.2 Å². The van der Waals surface area contributed by atoms with Gasteiger partial charge in [0.1, 0.15) is 10.1 Å². The molecule has 1 heterocycles. The summed E-state index contributed by atoms with van der Waals surface area (Å²) in [6.07, 6.45) is 4.51. The van der Waals surface area contributed by atoms with Crippen molar-refractivity contribution < 1.29 is 9.18 Å². The molecule has 2 rings (SSSR count). The van der Waals surface area contributed by atoms with Crippen LogP contribution >= 0.6 is 35.7 Å². The molecule has 1 aliphatic heterocycles. The second kappa shape index (κ2) is 7.24. The monoisotopic (exact) mass is 327 g/mol. The minimum Gasteiger partial charge on any atom is -0.293 e. The van der Waals surface area contributed by atoms with Gasteiger partial charge in [0.25, 0.3) is 5.91 Å². The lowest BCUT2D eigenvalue weighted by Crippen LogP contribution is -2.29. The molecule has 0 aromatic heterocycles. The average molecular weight is 327 g/mol. The van der Waals surface area contributed by atoms with Gasteiger partial charge in [-0.1, -0.05) is 42.2 Å². The van der Waals surface area contributed by atoms with Crippen molar-refractivity contribution in [2.45, 2.75) is 6.42 Å². The minimum absolute atomic E-state index is 0.121. The number of hydrogen-bond acceptors (Lipinski definition) is 4. The first-order chi connectivity index (χ1) is 9.63. The molecule has 0 spiro atoms. The van der Waals surface area contributed by atoms with Crippen LogP contribution in [0.3, 0.4) is 0 Å². The summed E-state index contributed by atoms with van der Waals surface area (Å²) in [5.41, 5.74) is 0.414. The summed E-state index contributed by atoms with van der Waals surface area (Å²) in [7, 11) is 0. The third-order valence-corrected chi connectivity index (χ3v) is 4.87. The molecular formula is C14H14FNOS3. The Morgan fingerprint density at radius 2 is 2.20 bits per heavy atom. The molecule has 6 heteroatoms. The minimum atomic E-state index is -0.333. The van der Waals surface area contributed by atoms with Gasteiger partial charge in [-0.3, -0.25) is 9.69 Å². The number of rotatable bonds is 5. The van der Waals surface area contributed by atoms with E-state index in [1.807, 2.05) is 6.26 Å². The van der Waals surface area contributed by atoms with Crippen molar-refractivity contribution in [3.63, 3.8) is 0 Å². The molecule has 0 radical (unpaired) electrons. The van der Waals surface area contributed by atoms with Gasteiger partial charge in [0.15, 0.2) is 0 Å². The maximum absolute atomic E-state index is 13.6. The number of carbonyl (C=O) groups is 1. The van der Waals surface area contributed by atoms with E-state index in [-0.39, 0.29) is 11.7 Å². The van der Waals surface area contributed by atoms with Gasteiger partial charge in [-0.15, -0.1) is 0 Å². The van der Waals surface area contributed by atoms with Gasteiger partial charge in [-0.05, 0) is 30.6 Å². The first-order valence-electron chi connectivity index (χ1n) is 6.12. The number of amides is 1. The van der Waals surface area contributed by atoms with Crippen molar-refractivity contribution >= 4 is 52.0 Å². The van der Waals surface area contributed by atoms with E-state index in [1.54, 1.807) is 40.9 Å². The number of halogens is 1. The number of thioether (sulfide) groups is 2. The Labute approximate surface area is 131 Å². The number of benzene rings is 1. The second-order valence-corrected chi connectivity index (χ2v) is 6.86. The summed E-state index contributed by atoms with van der Waals surface area (Å²) in [5.74, 6) is 0.535. The molecule has 2 nitrogen and oxygen atoms in total. The fourth-order valence-corrected chi connectivity index (χ4v) is 3.51. The van der Waals surface area contributed by atoms with Crippen LogP contribution < -0.4 is 0 Å². The molecule has 106 valence electrons. The summed E-state index contributed by atoms with van der Waals surface area (Å²) >= 11 is 8.20. The second-order valence-electron chi connectivity index (χ2n) is 4.20. The maximum Gasteiger partial charge on any atom is 0.266 e. The first kappa shape index (κ1) is 15.5. The van der Waals surface area contributed by atoms with Crippen LogP contribution in [0.15, 0.2) is 29.2 Å². The van der Waals surface area contributed by atoms with Gasteiger partial charge in [0.2, 0.25) is 0 Å². The van der Waals surface area contributed by atoms with E-state index in [4.69, 9.17) is 12.2 Å². The predicted molar refractivity (Wildman–Crippen MR) is 89.3 cm³/mol. The zero-order chi connectivity index (χ0) is 14.5. The fourth-order valence-electron chi connectivity index (χ4n) is 1.79. The van der Waals surface area contributed by atoms with E-state index < -0.39 is 0 Å². The van der Waals surface area contributed by atoms with Crippen LogP contribution in [-0.2, 0) is 4.79 Å². The maximum atomic E-state index is 13.6. The third-order valence-electron chi connectivity index (χ3n) is 2.80. The van der Waals surface area contributed by atoms with Gasteiger partial charge < -0.3 is 0 Å². The van der Waals surface area contributed by atoms with Crippen molar-refractivity contribution in [3.8, 4) is 0 Å². The third kappa shape index (κ3) is 3.62. The molecule has 0 aliphatic carbocycles. The van der Waals surface area contributed by atoms with Gasteiger partial charge in [-0.2, -0.15) is 11.8 Å². The number of hydrogen-bond donors (Lipinski definition) is 0. The lowest BCUT2D eigenvalue weighted by Gasteiger charge is -2.13. The molecule has 0 N–H and O–H groups in total. The summed E-state index contributed by atoms with van der Waals surface area (Å²) in [6, 6.07) is 6.40. The van der Waals surface area contributed by atoms with Crippen LogP contribution in [0, 0.1) is 5.82 Å². The number of nitrogens with zero attached hydrogens (tertiary/aromatic N) is 1. The van der Waals surface area contributed by atoms with Crippen LogP contribution in [-0.4, -0.2) is 33.7 Å². The molecular weight excluding hydrogens is 313 g/mol. The molecule has 20 heavy (non-hydrogen) atoms. The lowest BCUT2D eigenvalue weighted by atomic mass is 10.2. The van der Waals surface area contributed by atoms with Gasteiger partial charge in [0.05, 0.1) is 4.91 Å². The van der Waals surface area contributed by atoms with Crippen molar-refractivity contribution in [2.75, 3.05) is 18.6 Å². The van der Waals surface area contributed by atoms with Crippen LogP contribution in [0.4, 0.5) is 4.39 Å². The molecule has 0 bridgehead atoms. The molecule has 1 amide bonds. The number of thiocarbonyl (C=S) groups is 1. The van der Waals surface area contributed by atoms with E-state index >= 15 is 0 Å². The van der Waals surface area contributed by atoms with Crippen LogP contribution in [0.25, 0.3) is 6.08 Å². The largest absolute Gasteiger partial charge is 0.293 e. The van der Waals surface area contributed by atoms with Crippen LogP contribution in [0.2, 0.25) is 0 Å². The molecule has 1 fully saturated rings. The fraction of sp³-hybridized carbons (Fsp3) is 0.286. The van der Waals surface area contributed by atoms with Crippen molar-refractivity contribution in [2.24, 2.45) is 0 Å². The molecule has 0 saturated carbocycles. The zero-order valence-electron chi connectivity index (χ0n) is 11.0. The normalized spacial score (nSPS) is 17.3. The molecule has 0 atom stereocenters. The highest BCUT2D eigenvalue weighted by molar-refractivity contribution is 8.26. The highest BCUT2D eigenvalue weighted by Crippen LogP contribution is 2.33. The SMILES string of the molecule is CSCCCN1C(=O)/C(=C/c2ccccc2F)SC1=S. The predicted octanol–water partition coefficient (Wildman–Crippen LogP) is 3.78. The highest BCUT2D eigenvalue weighted by atomic mass is 32.2. The van der Waals surface area contributed by atoms with Crippen molar-refractivity contribution in [3.05, 3.63) is 40.6 Å². The van der Waals surface area contributed by atoms with Crippen molar-refractivity contribution in [1.82, 2.24) is 4.90 Å². The molecule has 0 unspecified atom stereocenters. The summed E-state index contributed by atoms with van der Waals surface area (Å²) in [4.78, 5) is 14.3. The Morgan fingerprint density at radius 1 is 1.45 bits per heavy atom. The lowest BCUT2D eigenvalue weighted by molar-refractivity contribution is -0.122. The Hall–Kier alpha value is -0.850. The summed E-state index contributed by atoms with van der Waals surface area (Å²) in [6.45, 7) is 0.625. The summed E-state index contributed by atoms with van der Waals surface area (Å²) in [5, 5.41) is 0. The number of carbonyl (C=O) groups excluding carboxylic acids is 1. The molecule has 1 saturated heterocycles. The standard InChI is InChI=1S/C14H14FNOS3/c1-19-8-4-7-16-13(17)12(20-14(16)18)9-10-5-2-3-6-11(10)15/h2-3,5-6,9H,4,7-8H2,1H3/b12-9-. The Balaban J connectivity index is 2.13. The van der Waals surface area contributed by atoms with E-state index in [2.05, 4.69) is 0 Å². The Bertz CT molecular complexity index is 559. The van der Waals surface area contributed by atoms with Crippen LogP contribution in [0.5, 0.6) is 0 Å². The Morgan fingerprint density at radius 3 is 2.90 bits per heavy atom. The topological polar surface area (TPSA) is 20.3 Å². The molecule has 1 aromatic rings. The van der Waals surface area contributed by atoms with E-state index in [9.17, 15) is 9.18 Å². The van der Waals surface area contributed by atoms with Gasteiger partial charge >= 0.3 is 0 Å². The van der Waals surface area contributed by atoms with Gasteiger partial charge in [-0.25, -0.2) is 4.39 Å². The first-order valence-corrected chi connectivity index (χ1v) is 8.74. The van der Waals surface area contributed by atoms with Gasteiger partial charge in [0, 0.05) is 12.1 Å². The Kier molecular flexibility index (Phi) is 5.63. The highest BCUT2D eigenvalue weighted by Gasteiger charge is 2.31. The zero-order valence-corrected chi connectivity index (χ0v) is 13.4.